The molecule has 0 amide bonds. The molecule has 0 spiro atoms. The number of carbonyl (C=O) groups is 1. The minimum absolute atomic E-state index is 0.211. The molecule has 0 unspecified atom stereocenters. The molecule has 0 aliphatic carbocycles. The van der Waals surface area contributed by atoms with Gasteiger partial charge in [0.2, 0.25) is 0 Å². The number of ether oxygens (including phenoxy) is 1. The Morgan fingerprint density at radius 2 is 1.50 bits per heavy atom. The van der Waals surface area contributed by atoms with E-state index in [2.05, 4.69) is 36.6 Å². The van der Waals surface area contributed by atoms with Gasteiger partial charge in [-0.05, 0) is 19.8 Å². The van der Waals surface area contributed by atoms with Gasteiger partial charge < -0.3 is 4.74 Å². The number of hydrogen-bond acceptors (Lipinski definition) is 2. The Balaban J connectivity index is 0. The maximum absolute atomic E-state index is 9.82. The normalized spacial score (nSPS) is 8.86. The molecule has 0 saturated heterocycles. The second-order valence-electron chi connectivity index (χ2n) is 2.72. The van der Waals surface area contributed by atoms with E-state index in [1.807, 2.05) is 0 Å². The summed E-state index contributed by atoms with van der Waals surface area (Å²) in [4.78, 5) is 9.82. The standard InChI is InChI=1S/C6H12Br2.C4H8O2/c7-5-3-1-2-4-6-8;1-3-6-4(2)5/h1-6H2;3H2,1-2H3. The van der Waals surface area contributed by atoms with Gasteiger partial charge in [0, 0.05) is 17.6 Å². The van der Waals surface area contributed by atoms with Crippen molar-refractivity contribution >= 4 is 37.8 Å². The third-order valence-corrected chi connectivity index (χ3v) is 2.49. The Kier molecular flexibility index (Phi) is 19.1. The summed E-state index contributed by atoms with van der Waals surface area (Å²) in [5.41, 5.74) is 0. The van der Waals surface area contributed by atoms with E-state index in [9.17, 15) is 4.79 Å². The van der Waals surface area contributed by atoms with Crippen LogP contribution in [0, 0.1) is 0 Å². The lowest BCUT2D eigenvalue weighted by molar-refractivity contribution is -0.140. The molecule has 4 heteroatoms. The van der Waals surface area contributed by atoms with Gasteiger partial charge in [-0.15, -0.1) is 0 Å². The first-order chi connectivity index (χ1) is 6.68. The fraction of sp³-hybridized carbons (Fsp3) is 0.900. The lowest BCUT2D eigenvalue weighted by Gasteiger charge is -1.92. The third kappa shape index (κ3) is 22.9. The van der Waals surface area contributed by atoms with Gasteiger partial charge in [-0.2, -0.15) is 0 Å². The molecule has 0 bridgehead atoms. The van der Waals surface area contributed by atoms with Crippen LogP contribution in [0.1, 0.15) is 39.5 Å². The number of esters is 1. The zero-order chi connectivity index (χ0) is 11.2. The average molecular weight is 332 g/mol. The van der Waals surface area contributed by atoms with Gasteiger partial charge in [0.1, 0.15) is 0 Å². The first-order valence-electron chi connectivity index (χ1n) is 4.94. The van der Waals surface area contributed by atoms with E-state index in [4.69, 9.17) is 0 Å². The summed E-state index contributed by atoms with van der Waals surface area (Å²) in [6, 6.07) is 0. The maximum Gasteiger partial charge on any atom is 0.302 e. The first kappa shape index (κ1) is 16.8. The zero-order valence-corrected chi connectivity index (χ0v) is 12.2. The van der Waals surface area contributed by atoms with Crippen LogP contribution >= 0.6 is 31.9 Å². The Labute approximate surface area is 104 Å². The second kappa shape index (κ2) is 15.9. The third-order valence-electron chi connectivity index (χ3n) is 1.36. The van der Waals surface area contributed by atoms with Crippen LogP contribution in [0.3, 0.4) is 0 Å². The van der Waals surface area contributed by atoms with Gasteiger partial charge in [0.15, 0.2) is 0 Å². The lowest BCUT2D eigenvalue weighted by Crippen LogP contribution is -1.95. The summed E-state index contributed by atoms with van der Waals surface area (Å²) in [5, 5.41) is 2.32. The summed E-state index contributed by atoms with van der Waals surface area (Å²) in [6.07, 6.45) is 5.40. The highest BCUT2D eigenvalue weighted by Gasteiger charge is 1.84. The number of carbonyl (C=O) groups excluding carboxylic acids is 1. The molecular formula is C10H20Br2O2. The predicted molar refractivity (Wildman–Crippen MR) is 68.4 cm³/mol. The predicted octanol–water partition coefficient (Wildman–Crippen LogP) is 3.91. The molecule has 0 radical (unpaired) electrons. The van der Waals surface area contributed by atoms with Crippen molar-refractivity contribution < 1.29 is 9.53 Å². The van der Waals surface area contributed by atoms with Crippen molar-refractivity contribution in [3.8, 4) is 0 Å². The Hall–Kier alpha value is 0.430. The molecule has 0 N–H and O–H groups in total. The Morgan fingerprint density at radius 3 is 1.64 bits per heavy atom. The second-order valence-corrected chi connectivity index (χ2v) is 4.30. The van der Waals surface area contributed by atoms with E-state index in [0.29, 0.717) is 6.61 Å². The molecule has 86 valence electrons. The quantitative estimate of drug-likeness (QED) is 0.419. The zero-order valence-electron chi connectivity index (χ0n) is 9.02. The summed E-state index contributed by atoms with van der Waals surface area (Å²) in [5.74, 6) is -0.211. The van der Waals surface area contributed by atoms with Crippen molar-refractivity contribution in [3.05, 3.63) is 0 Å². The number of rotatable bonds is 6. The van der Waals surface area contributed by atoms with E-state index in [1.165, 1.54) is 32.6 Å². The monoisotopic (exact) mass is 330 g/mol. The van der Waals surface area contributed by atoms with E-state index < -0.39 is 0 Å². The van der Waals surface area contributed by atoms with Crippen molar-refractivity contribution in [1.82, 2.24) is 0 Å². The molecule has 0 aromatic rings. The molecule has 0 atom stereocenters. The summed E-state index contributed by atoms with van der Waals surface area (Å²) in [7, 11) is 0. The van der Waals surface area contributed by atoms with Crippen LogP contribution in [-0.4, -0.2) is 23.2 Å². The fourth-order valence-corrected chi connectivity index (χ4v) is 1.54. The number of alkyl halides is 2. The van der Waals surface area contributed by atoms with Gasteiger partial charge in [0.05, 0.1) is 6.61 Å². The number of halogens is 2. The smallest absolute Gasteiger partial charge is 0.302 e. The molecule has 0 aliphatic heterocycles. The molecule has 2 nitrogen and oxygen atoms in total. The van der Waals surface area contributed by atoms with Gasteiger partial charge in [-0.1, -0.05) is 44.7 Å². The first-order valence-corrected chi connectivity index (χ1v) is 7.18. The van der Waals surface area contributed by atoms with Gasteiger partial charge in [-0.3, -0.25) is 4.79 Å². The summed E-state index contributed by atoms with van der Waals surface area (Å²) in [6.45, 7) is 3.65. The average Bonchev–Trinajstić information content (AvgIpc) is 2.13. The topological polar surface area (TPSA) is 26.3 Å². The highest BCUT2D eigenvalue weighted by atomic mass is 79.9. The molecule has 0 heterocycles. The fourth-order valence-electron chi connectivity index (χ4n) is 0.746. The van der Waals surface area contributed by atoms with Crippen molar-refractivity contribution in [3.63, 3.8) is 0 Å². The van der Waals surface area contributed by atoms with Crippen LogP contribution in [0.25, 0.3) is 0 Å². The number of hydrogen-bond donors (Lipinski definition) is 0. The van der Waals surface area contributed by atoms with Crippen molar-refractivity contribution in [2.45, 2.75) is 39.5 Å². The summed E-state index contributed by atoms with van der Waals surface area (Å²) < 4.78 is 4.40. The Morgan fingerprint density at radius 1 is 1.07 bits per heavy atom. The molecule has 0 saturated carbocycles. The van der Waals surface area contributed by atoms with Crippen molar-refractivity contribution in [2.24, 2.45) is 0 Å². The summed E-state index contributed by atoms with van der Waals surface area (Å²) >= 11 is 6.78. The van der Waals surface area contributed by atoms with Crippen molar-refractivity contribution in [1.29, 1.82) is 0 Å². The molecule has 14 heavy (non-hydrogen) atoms. The highest BCUT2D eigenvalue weighted by Crippen LogP contribution is 2.02. The van der Waals surface area contributed by atoms with Crippen LogP contribution in [0.2, 0.25) is 0 Å². The van der Waals surface area contributed by atoms with Crippen LogP contribution in [-0.2, 0) is 9.53 Å². The van der Waals surface area contributed by atoms with E-state index in [1.54, 1.807) is 6.92 Å². The SMILES string of the molecule is BrCCCCCCBr.CCOC(C)=O. The Bertz CT molecular complexity index is 113. The van der Waals surface area contributed by atoms with E-state index >= 15 is 0 Å². The molecular weight excluding hydrogens is 312 g/mol. The molecule has 0 aromatic heterocycles. The van der Waals surface area contributed by atoms with Crippen LogP contribution in [0.5, 0.6) is 0 Å². The lowest BCUT2D eigenvalue weighted by atomic mass is 10.2. The van der Waals surface area contributed by atoms with Crippen LogP contribution in [0.15, 0.2) is 0 Å². The van der Waals surface area contributed by atoms with Crippen LogP contribution < -0.4 is 0 Å². The van der Waals surface area contributed by atoms with E-state index in [0.717, 1.165) is 10.7 Å². The van der Waals surface area contributed by atoms with Crippen molar-refractivity contribution in [2.75, 3.05) is 17.3 Å². The maximum atomic E-state index is 9.82. The number of unbranched alkanes of at least 4 members (excludes halogenated alkanes) is 3. The van der Waals surface area contributed by atoms with Crippen LogP contribution in [0.4, 0.5) is 0 Å². The van der Waals surface area contributed by atoms with Gasteiger partial charge in [0.25, 0.3) is 0 Å². The molecule has 0 rings (SSSR count). The van der Waals surface area contributed by atoms with Gasteiger partial charge >= 0.3 is 5.97 Å². The molecule has 0 aromatic carbocycles. The minimum Gasteiger partial charge on any atom is -0.466 e. The molecule has 0 aliphatic rings. The molecule has 0 fully saturated rings. The largest absolute Gasteiger partial charge is 0.466 e. The minimum atomic E-state index is -0.211. The van der Waals surface area contributed by atoms with Gasteiger partial charge in [-0.25, -0.2) is 0 Å². The highest BCUT2D eigenvalue weighted by molar-refractivity contribution is 9.09. The van der Waals surface area contributed by atoms with E-state index in [-0.39, 0.29) is 5.97 Å².